The summed E-state index contributed by atoms with van der Waals surface area (Å²) in [5.41, 5.74) is 1.63. The predicted molar refractivity (Wildman–Crippen MR) is 181 cm³/mol. The van der Waals surface area contributed by atoms with Crippen LogP contribution in [0.2, 0.25) is 15.1 Å². The number of halogens is 3. The van der Waals surface area contributed by atoms with Crippen LogP contribution in [0.5, 0.6) is 0 Å². The van der Waals surface area contributed by atoms with Crippen LogP contribution < -0.4 is 9.62 Å². The molecule has 1 N–H and O–H groups in total. The number of anilines is 1. The fourth-order valence-corrected chi connectivity index (χ4v) is 6.59. The first kappa shape index (κ1) is 34.3. The van der Waals surface area contributed by atoms with E-state index in [1.165, 1.54) is 35.2 Å². The maximum absolute atomic E-state index is 14.5. The second-order valence-corrected chi connectivity index (χ2v) is 14.0. The molecule has 4 rings (SSSR count). The molecule has 1 atom stereocenters. The summed E-state index contributed by atoms with van der Waals surface area (Å²) in [6.45, 7) is 3.71. The summed E-state index contributed by atoms with van der Waals surface area (Å²) in [6, 6.07) is 27.3. The normalized spacial score (nSPS) is 12.0. The van der Waals surface area contributed by atoms with Crippen LogP contribution in [0.15, 0.2) is 108 Å². The van der Waals surface area contributed by atoms with Crippen LogP contribution in [0.1, 0.15) is 25.0 Å². The van der Waals surface area contributed by atoms with E-state index in [2.05, 4.69) is 5.32 Å². The minimum atomic E-state index is -4.28. The summed E-state index contributed by atoms with van der Waals surface area (Å²) in [5.74, 6) is -0.794. The van der Waals surface area contributed by atoms with Crippen molar-refractivity contribution in [2.24, 2.45) is 5.92 Å². The Morgan fingerprint density at radius 2 is 1.47 bits per heavy atom. The van der Waals surface area contributed by atoms with Crippen LogP contribution in [0.25, 0.3) is 0 Å². The molecule has 4 aromatic rings. The molecule has 236 valence electrons. The quantitative estimate of drug-likeness (QED) is 0.161. The first-order valence-electron chi connectivity index (χ1n) is 14.3. The number of carbonyl (C=O) groups is 2. The smallest absolute Gasteiger partial charge is 0.264 e. The van der Waals surface area contributed by atoms with Gasteiger partial charge in [-0.05, 0) is 65.6 Å². The van der Waals surface area contributed by atoms with Crippen LogP contribution >= 0.6 is 34.8 Å². The number of amides is 2. The number of rotatable bonds is 13. The summed E-state index contributed by atoms with van der Waals surface area (Å²) in [6.07, 6.45) is 0.196. The van der Waals surface area contributed by atoms with Crippen LogP contribution in [0.3, 0.4) is 0 Å². The first-order chi connectivity index (χ1) is 21.5. The lowest BCUT2D eigenvalue weighted by Gasteiger charge is -2.34. The standard InChI is InChI=1S/C34H34Cl3N3O4S/c1-24(2)21-38-34(42)32(19-25-9-4-3-5-10-25)39(22-26-11-6-7-14-31(26)37)33(41)23-40(29-13-8-12-28(36)20-29)45(43,44)30-17-15-27(35)16-18-30/h3-18,20,24,32H,19,21-23H2,1-2H3,(H,38,42). The van der Waals surface area contributed by atoms with Gasteiger partial charge in [0.25, 0.3) is 10.0 Å². The van der Waals surface area contributed by atoms with Crippen LogP contribution in [-0.4, -0.2) is 44.3 Å². The van der Waals surface area contributed by atoms with E-state index < -0.39 is 28.5 Å². The predicted octanol–water partition coefficient (Wildman–Crippen LogP) is 7.25. The Morgan fingerprint density at radius 1 is 0.800 bits per heavy atom. The van der Waals surface area contributed by atoms with E-state index in [-0.39, 0.29) is 35.4 Å². The summed E-state index contributed by atoms with van der Waals surface area (Å²) >= 11 is 18.8. The molecule has 0 aliphatic heterocycles. The molecule has 0 aliphatic rings. The third-order valence-electron chi connectivity index (χ3n) is 7.03. The van der Waals surface area contributed by atoms with Gasteiger partial charge in [0, 0.05) is 34.6 Å². The highest BCUT2D eigenvalue weighted by molar-refractivity contribution is 7.92. The molecular weight excluding hydrogens is 653 g/mol. The van der Waals surface area contributed by atoms with Gasteiger partial charge in [0.1, 0.15) is 12.6 Å². The monoisotopic (exact) mass is 685 g/mol. The van der Waals surface area contributed by atoms with Gasteiger partial charge in [0.15, 0.2) is 0 Å². The largest absolute Gasteiger partial charge is 0.354 e. The Labute approximate surface area is 279 Å². The number of sulfonamides is 1. The second kappa shape index (κ2) is 15.6. The number of benzene rings is 4. The van der Waals surface area contributed by atoms with E-state index in [9.17, 15) is 18.0 Å². The van der Waals surface area contributed by atoms with Crippen molar-refractivity contribution < 1.29 is 18.0 Å². The summed E-state index contributed by atoms with van der Waals surface area (Å²) < 4.78 is 29.1. The van der Waals surface area contributed by atoms with E-state index in [1.807, 2.05) is 44.2 Å². The van der Waals surface area contributed by atoms with E-state index in [0.717, 1.165) is 9.87 Å². The molecule has 0 saturated heterocycles. The Bertz CT molecular complexity index is 1720. The SMILES string of the molecule is CC(C)CNC(=O)C(Cc1ccccc1)N(Cc1ccccc1Cl)C(=O)CN(c1cccc(Cl)c1)S(=O)(=O)c1ccc(Cl)cc1. The Hall–Kier alpha value is -3.56. The number of hydrogen-bond acceptors (Lipinski definition) is 4. The molecule has 0 saturated carbocycles. The number of nitrogens with zero attached hydrogens (tertiary/aromatic N) is 2. The molecule has 0 spiro atoms. The molecule has 0 aliphatic carbocycles. The highest BCUT2D eigenvalue weighted by Gasteiger charge is 2.35. The third kappa shape index (κ3) is 9.23. The van der Waals surface area contributed by atoms with E-state index >= 15 is 0 Å². The Kier molecular flexibility index (Phi) is 11.9. The third-order valence-corrected chi connectivity index (χ3v) is 9.67. The van der Waals surface area contributed by atoms with Crippen LogP contribution in [0, 0.1) is 5.92 Å². The van der Waals surface area contributed by atoms with E-state index in [4.69, 9.17) is 34.8 Å². The average molecular weight is 687 g/mol. The topological polar surface area (TPSA) is 86.8 Å². The molecule has 0 heterocycles. The number of hydrogen-bond donors (Lipinski definition) is 1. The van der Waals surface area contributed by atoms with Crippen molar-refractivity contribution in [3.05, 3.63) is 129 Å². The molecule has 1 unspecified atom stereocenters. The van der Waals surface area contributed by atoms with Gasteiger partial charge in [-0.25, -0.2) is 8.42 Å². The molecule has 0 aromatic heterocycles. The maximum Gasteiger partial charge on any atom is 0.264 e. The van der Waals surface area contributed by atoms with Gasteiger partial charge in [-0.15, -0.1) is 0 Å². The van der Waals surface area contributed by atoms with Gasteiger partial charge < -0.3 is 10.2 Å². The zero-order chi connectivity index (χ0) is 32.6. The van der Waals surface area contributed by atoms with Crippen molar-refractivity contribution in [3.63, 3.8) is 0 Å². The fourth-order valence-electron chi connectivity index (χ4n) is 4.68. The van der Waals surface area contributed by atoms with E-state index in [0.29, 0.717) is 27.2 Å². The minimum absolute atomic E-state index is 0.0323. The maximum atomic E-state index is 14.5. The zero-order valence-corrected chi connectivity index (χ0v) is 28.0. The lowest BCUT2D eigenvalue weighted by atomic mass is 10.0. The van der Waals surface area contributed by atoms with Crippen molar-refractivity contribution in [2.45, 2.75) is 37.8 Å². The Balaban J connectivity index is 1.81. The van der Waals surface area contributed by atoms with Crippen molar-refractivity contribution in [2.75, 3.05) is 17.4 Å². The molecule has 11 heteroatoms. The van der Waals surface area contributed by atoms with Crippen LogP contribution in [0.4, 0.5) is 5.69 Å². The van der Waals surface area contributed by atoms with Crippen LogP contribution in [-0.2, 0) is 32.6 Å². The molecule has 0 fully saturated rings. The van der Waals surface area contributed by atoms with Gasteiger partial charge in [-0.1, -0.05) is 103 Å². The van der Waals surface area contributed by atoms with E-state index in [1.54, 1.807) is 42.5 Å². The Morgan fingerprint density at radius 3 is 2.11 bits per heavy atom. The number of carbonyl (C=O) groups excluding carboxylic acids is 2. The highest BCUT2D eigenvalue weighted by Crippen LogP contribution is 2.28. The average Bonchev–Trinajstić information content (AvgIpc) is 3.01. The van der Waals surface area contributed by atoms with Gasteiger partial charge in [0.2, 0.25) is 11.8 Å². The van der Waals surface area contributed by atoms with Crippen molar-refractivity contribution in [3.8, 4) is 0 Å². The van der Waals surface area contributed by atoms with Gasteiger partial charge >= 0.3 is 0 Å². The lowest BCUT2D eigenvalue weighted by Crippen LogP contribution is -2.53. The zero-order valence-electron chi connectivity index (χ0n) is 24.9. The lowest BCUT2D eigenvalue weighted by molar-refractivity contribution is -0.140. The summed E-state index contributed by atoms with van der Waals surface area (Å²) in [4.78, 5) is 29.6. The van der Waals surface area contributed by atoms with Gasteiger partial charge in [0.05, 0.1) is 10.6 Å². The van der Waals surface area contributed by atoms with Gasteiger partial charge in [-0.2, -0.15) is 0 Å². The summed E-state index contributed by atoms with van der Waals surface area (Å²) in [7, 11) is -4.28. The molecular formula is C34H34Cl3N3O4S. The molecule has 7 nitrogen and oxygen atoms in total. The second-order valence-electron chi connectivity index (χ2n) is 10.9. The molecule has 0 bridgehead atoms. The minimum Gasteiger partial charge on any atom is -0.354 e. The fraction of sp³-hybridized carbons (Fsp3) is 0.235. The van der Waals surface area contributed by atoms with Crippen molar-refractivity contribution in [1.82, 2.24) is 10.2 Å². The summed E-state index contributed by atoms with van der Waals surface area (Å²) in [5, 5.41) is 4.03. The highest BCUT2D eigenvalue weighted by atomic mass is 35.5. The molecule has 0 radical (unpaired) electrons. The van der Waals surface area contributed by atoms with Gasteiger partial charge in [-0.3, -0.25) is 13.9 Å². The molecule has 2 amide bonds. The molecule has 45 heavy (non-hydrogen) atoms. The first-order valence-corrected chi connectivity index (χ1v) is 16.9. The van der Waals surface area contributed by atoms with Crippen molar-refractivity contribution >= 4 is 62.3 Å². The molecule has 4 aromatic carbocycles. The van der Waals surface area contributed by atoms with Crippen molar-refractivity contribution in [1.29, 1.82) is 0 Å². The number of nitrogens with one attached hydrogen (secondary N) is 1.